The quantitative estimate of drug-likeness (QED) is 0.651. The van der Waals surface area contributed by atoms with Crippen molar-refractivity contribution in [2.75, 3.05) is 19.5 Å². The zero-order chi connectivity index (χ0) is 21.0. The van der Waals surface area contributed by atoms with Gasteiger partial charge in [0.1, 0.15) is 5.75 Å². The lowest BCUT2D eigenvalue weighted by Gasteiger charge is -2.30. The van der Waals surface area contributed by atoms with Gasteiger partial charge in [-0.2, -0.15) is 4.31 Å². The summed E-state index contributed by atoms with van der Waals surface area (Å²) in [6, 6.07) is 11.5. The zero-order valence-corrected chi connectivity index (χ0v) is 18.9. The van der Waals surface area contributed by atoms with Crippen LogP contribution in [0.2, 0.25) is 0 Å². The smallest absolute Gasteiger partial charge is 0.259 e. The van der Waals surface area contributed by atoms with Crippen molar-refractivity contribution in [3.8, 4) is 5.75 Å². The van der Waals surface area contributed by atoms with Crippen LogP contribution in [-0.2, 0) is 10.0 Å². The molecule has 6 nitrogen and oxygen atoms in total. The Bertz CT molecular complexity index is 971. The van der Waals surface area contributed by atoms with Crippen molar-refractivity contribution in [2.24, 2.45) is 0 Å². The third kappa shape index (κ3) is 4.99. The molecule has 1 saturated carbocycles. The number of sulfonamides is 1. The monoisotopic (exact) mass is 480 g/mol. The zero-order valence-electron chi connectivity index (χ0n) is 16.5. The predicted octanol–water partition coefficient (Wildman–Crippen LogP) is 4.66. The molecule has 1 N–H and O–H groups in total. The highest BCUT2D eigenvalue weighted by atomic mass is 79.9. The van der Waals surface area contributed by atoms with Gasteiger partial charge in [0.05, 0.1) is 17.6 Å². The summed E-state index contributed by atoms with van der Waals surface area (Å²) in [5.74, 6) is 0.122. The lowest BCUT2D eigenvalue weighted by Crippen LogP contribution is -2.38. The normalized spacial score (nSPS) is 15.3. The molecule has 0 unspecified atom stereocenters. The molecule has 2 aromatic carbocycles. The van der Waals surface area contributed by atoms with Crippen LogP contribution in [-0.4, -0.2) is 38.8 Å². The number of ether oxygens (including phenoxy) is 1. The van der Waals surface area contributed by atoms with Crippen molar-refractivity contribution in [2.45, 2.75) is 43.0 Å². The van der Waals surface area contributed by atoms with E-state index in [9.17, 15) is 13.2 Å². The number of methoxy groups -OCH3 is 1. The third-order valence-corrected chi connectivity index (χ3v) is 7.70. The summed E-state index contributed by atoms with van der Waals surface area (Å²) in [4.78, 5) is 12.8. The molecular formula is C21H25BrN2O4S. The van der Waals surface area contributed by atoms with Crippen LogP contribution in [0.1, 0.15) is 42.5 Å². The van der Waals surface area contributed by atoms with E-state index in [1.54, 1.807) is 37.4 Å². The summed E-state index contributed by atoms with van der Waals surface area (Å²) in [7, 11) is -0.402. The number of hydrogen-bond donors (Lipinski definition) is 1. The Morgan fingerprint density at radius 2 is 1.76 bits per heavy atom. The number of benzene rings is 2. The van der Waals surface area contributed by atoms with Gasteiger partial charge in [-0.15, -0.1) is 0 Å². The molecule has 1 amide bonds. The molecule has 0 heterocycles. The number of anilines is 1. The number of carbonyl (C=O) groups is 1. The average Bonchev–Trinajstić information content (AvgIpc) is 2.74. The predicted molar refractivity (Wildman–Crippen MR) is 117 cm³/mol. The van der Waals surface area contributed by atoms with E-state index in [0.717, 1.165) is 30.2 Å². The van der Waals surface area contributed by atoms with Gasteiger partial charge < -0.3 is 10.1 Å². The van der Waals surface area contributed by atoms with Gasteiger partial charge in [0.2, 0.25) is 10.0 Å². The van der Waals surface area contributed by atoms with E-state index in [-0.39, 0.29) is 16.8 Å². The number of nitrogens with zero attached hydrogens (tertiary/aromatic N) is 1. The largest absolute Gasteiger partial charge is 0.496 e. The number of halogens is 1. The molecule has 3 rings (SSSR count). The van der Waals surface area contributed by atoms with Crippen LogP contribution in [0.4, 0.5) is 5.69 Å². The van der Waals surface area contributed by atoms with Crippen molar-refractivity contribution in [1.82, 2.24) is 4.31 Å². The van der Waals surface area contributed by atoms with Gasteiger partial charge in [0, 0.05) is 23.2 Å². The minimum absolute atomic E-state index is 0.0529. The lowest BCUT2D eigenvalue weighted by molar-refractivity contribution is 0.102. The Balaban J connectivity index is 1.74. The summed E-state index contributed by atoms with van der Waals surface area (Å²) >= 11 is 3.35. The molecule has 0 aliphatic heterocycles. The Morgan fingerprint density at radius 3 is 2.38 bits per heavy atom. The molecule has 1 fully saturated rings. The molecule has 156 valence electrons. The fraction of sp³-hybridized carbons (Fsp3) is 0.381. The maximum Gasteiger partial charge on any atom is 0.259 e. The fourth-order valence-corrected chi connectivity index (χ4v) is 5.35. The average molecular weight is 481 g/mol. The summed E-state index contributed by atoms with van der Waals surface area (Å²) in [6.45, 7) is 0. The van der Waals surface area contributed by atoms with Crippen LogP contribution < -0.4 is 10.1 Å². The third-order valence-electron chi connectivity index (χ3n) is 5.28. The number of nitrogens with one attached hydrogen (secondary N) is 1. The Labute approximate surface area is 180 Å². The molecule has 0 saturated heterocycles. The highest BCUT2D eigenvalue weighted by Crippen LogP contribution is 2.28. The summed E-state index contributed by atoms with van der Waals surface area (Å²) in [5, 5.41) is 2.78. The molecule has 1 aliphatic carbocycles. The van der Waals surface area contributed by atoms with Crippen LogP contribution in [0.25, 0.3) is 0 Å². The van der Waals surface area contributed by atoms with Gasteiger partial charge in [-0.1, -0.05) is 35.2 Å². The second-order valence-electron chi connectivity index (χ2n) is 7.14. The maximum absolute atomic E-state index is 12.9. The van der Waals surface area contributed by atoms with Crippen molar-refractivity contribution >= 4 is 37.5 Å². The van der Waals surface area contributed by atoms with Gasteiger partial charge in [-0.3, -0.25) is 4.79 Å². The summed E-state index contributed by atoms with van der Waals surface area (Å²) in [6.07, 6.45) is 5.10. The van der Waals surface area contributed by atoms with Gasteiger partial charge in [-0.05, 0) is 55.3 Å². The van der Waals surface area contributed by atoms with Crippen LogP contribution in [0.3, 0.4) is 0 Å². The fourth-order valence-electron chi connectivity index (χ4n) is 3.57. The number of carbonyl (C=O) groups excluding carboxylic acids is 1. The van der Waals surface area contributed by atoms with Gasteiger partial charge >= 0.3 is 0 Å². The number of hydrogen-bond acceptors (Lipinski definition) is 4. The minimum Gasteiger partial charge on any atom is -0.496 e. The molecule has 29 heavy (non-hydrogen) atoms. The minimum atomic E-state index is -3.56. The van der Waals surface area contributed by atoms with Crippen LogP contribution >= 0.6 is 15.9 Å². The van der Waals surface area contributed by atoms with E-state index in [2.05, 4.69) is 21.2 Å². The molecule has 8 heteroatoms. The molecule has 0 spiro atoms. The van der Waals surface area contributed by atoms with E-state index in [0.29, 0.717) is 17.0 Å². The number of amides is 1. The van der Waals surface area contributed by atoms with E-state index < -0.39 is 10.0 Å². The summed E-state index contributed by atoms with van der Waals surface area (Å²) in [5.41, 5.74) is 0.895. The van der Waals surface area contributed by atoms with E-state index >= 15 is 0 Å². The Kier molecular flexibility index (Phi) is 6.97. The van der Waals surface area contributed by atoms with Gasteiger partial charge in [0.15, 0.2) is 0 Å². The van der Waals surface area contributed by atoms with Crippen molar-refractivity contribution in [3.05, 3.63) is 52.5 Å². The molecule has 0 aromatic heterocycles. The summed E-state index contributed by atoms with van der Waals surface area (Å²) < 4.78 is 33.3. The van der Waals surface area contributed by atoms with Gasteiger partial charge in [0.25, 0.3) is 5.91 Å². The number of rotatable bonds is 6. The first kappa shape index (κ1) is 21.8. The first-order chi connectivity index (χ1) is 13.8. The molecule has 1 aliphatic rings. The van der Waals surface area contributed by atoms with E-state index in [4.69, 9.17) is 4.74 Å². The molecule has 0 radical (unpaired) electrons. The lowest BCUT2D eigenvalue weighted by atomic mass is 9.96. The van der Waals surface area contributed by atoms with Crippen molar-refractivity contribution in [3.63, 3.8) is 0 Å². The highest BCUT2D eigenvalue weighted by Gasteiger charge is 2.29. The second kappa shape index (κ2) is 9.28. The Hall–Kier alpha value is -1.90. The first-order valence-electron chi connectivity index (χ1n) is 9.56. The van der Waals surface area contributed by atoms with Crippen LogP contribution in [0, 0.1) is 0 Å². The molecule has 0 bridgehead atoms. The first-order valence-corrected chi connectivity index (χ1v) is 11.8. The van der Waals surface area contributed by atoms with E-state index in [1.165, 1.54) is 30.0 Å². The Morgan fingerprint density at radius 1 is 1.10 bits per heavy atom. The SMILES string of the molecule is COc1ccc(Br)cc1C(=O)Nc1ccc(S(=O)(=O)N(C)C2CCCCC2)cc1. The van der Waals surface area contributed by atoms with Gasteiger partial charge in [-0.25, -0.2) is 8.42 Å². The topological polar surface area (TPSA) is 75.7 Å². The second-order valence-corrected chi connectivity index (χ2v) is 10.0. The van der Waals surface area contributed by atoms with Crippen LogP contribution in [0.5, 0.6) is 5.75 Å². The van der Waals surface area contributed by atoms with Crippen molar-refractivity contribution < 1.29 is 17.9 Å². The molecule has 2 aromatic rings. The highest BCUT2D eigenvalue weighted by molar-refractivity contribution is 9.10. The van der Waals surface area contributed by atoms with Crippen LogP contribution in [0.15, 0.2) is 51.8 Å². The molecule has 0 atom stereocenters. The standard InChI is InChI=1S/C21H25BrN2O4S/c1-24(17-6-4-3-5-7-17)29(26,27)18-11-9-16(10-12-18)23-21(25)19-14-15(22)8-13-20(19)28-2/h8-14,17H,3-7H2,1-2H3,(H,23,25). The maximum atomic E-state index is 12.9. The van der Waals surface area contributed by atoms with E-state index in [1.807, 2.05) is 0 Å². The molecular weight excluding hydrogens is 456 g/mol. The van der Waals surface area contributed by atoms with Crippen molar-refractivity contribution in [1.29, 1.82) is 0 Å².